The van der Waals surface area contributed by atoms with Gasteiger partial charge >= 0.3 is 0 Å². The van der Waals surface area contributed by atoms with Crippen molar-refractivity contribution in [2.75, 3.05) is 0 Å². The molecule has 22 heavy (non-hydrogen) atoms. The molecule has 0 bridgehead atoms. The van der Waals surface area contributed by atoms with E-state index in [2.05, 4.69) is 10.3 Å². The second-order valence-electron chi connectivity index (χ2n) is 6.55. The Labute approximate surface area is 139 Å². The summed E-state index contributed by atoms with van der Waals surface area (Å²) in [4.78, 5) is 15.5. The molecule has 1 saturated carbocycles. The summed E-state index contributed by atoms with van der Waals surface area (Å²) in [5, 5.41) is 5.58. The van der Waals surface area contributed by atoms with E-state index in [0.717, 1.165) is 30.2 Å². The predicted molar refractivity (Wildman–Crippen MR) is 89.6 cm³/mol. The molecule has 1 heterocycles. The molecular weight excluding hydrogens is 319 g/mol. The minimum Gasteiger partial charge on any atom is -0.358 e. The first kappa shape index (κ1) is 14.4. The van der Waals surface area contributed by atoms with Crippen LogP contribution in [0, 0.1) is 5.92 Å². The molecule has 116 valence electrons. The summed E-state index contributed by atoms with van der Waals surface area (Å²) in [5.41, 5.74) is 3.46. The van der Waals surface area contributed by atoms with Crippen molar-refractivity contribution in [3.05, 3.63) is 33.4 Å². The van der Waals surface area contributed by atoms with Gasteiger partial charge < -0.3 is 10.3 Å². The summed E-state index contributed by atoms with van der Waals surface area (Å²) in [7, 11) is 0. The van der Waals surface area contributed by atoms with Gasteiger partial charge in [0.15, 0.2) is 0 Å². The summed E-state index contributed by atoms with van der Waals surface area (Å²) < 4.78 is 0. The molecule has 1 aromatic heterocycles. The first-order chi connectivity index (χ1) is 10.6. The zero-order chi connectivity index (χ0) is 15.3. The average Bonchev–Trinajstić information content (AvgIpc) is 3.16. The third kappa shape index (κ3) is 2.72. The van der Waals surface area contributed by atoms with E-state index in [1.54, 1.807) is 6.07 Å². The summed E-state index contributed by atoms with van der Waals surface area (Å²) >= 11 is 12.5. The number of hydrogen-bond donors (Lipinski definition) is 2. The van der Waals surface area contributed by atoms with Crippen molar-refractivity contribution in [1.82, 2.24) is 10.3 Å². The van der Waals surface area contributed by atoms with Gasteiger partial charge in [0, 0.05) is 34.1 Å². The van der Waals surface area contributed by atoms with Crippen molar-refractivity contribution in [1.29, 1.82) is 0 Å². The summed E-state index contributed by atoms with van der Waals surface area (Å²) in [5.74, 6) is 0.828. The number of rotatable bonds is 3. The maximum atomic E-state index is 12.0. The van der Waals surface area contributed by atoms with Crippen LogP contribution in [0.1, 0.15) is 36.9 Å². The Hall–Kier alpha value is -1.19. The van der Waals surface area contributed by atoms with Crippen LogP contribution in [0.15, 0.2) is 12.1 Å². The molecule has 0 radical (unpaired) electrons. The van der Waals surface area contributed by atoms with E-state index in [4.69, 9.17) is 23.2 Å². The molecule has 1 amide bonds. The van der Waals surface area contributed by atoms with Gasteiger partial charge in [0.2, 0.25) is 5.91 Å². The number of benzene rings is 1. The highest BCUT2D eigenvalue weighted by Crippen LogP contribution is 2.36. The highest BCUT2D eigenvalue weighted by atomic mass is 35.5. The molecule has 0 aliphatic heterocycles. The number of halogens is 2. The first-order valence-corrected chi connectivity index (χ1v) is 8.63. The van der Waals surface area contributed by atoms with Gasteiger partial charge in [-0.05, 0) is 55.7 Å². The Bertz CT molecular complexity index is 749. The molecule has 2 N–H and O–H groups in total. The number of H-pyrrole nitrogens is 1. The van der Waals surface area contributed by atoms with Gasteiger partial charge in [0.05, 0.1) is 5.02 Å². The molecular formula is C17H18Cl2N2O. The zero-order valence-corrected chi connectivity index (χ0v) is 13.7. The van der Waals surface area contributed by atoms with Crippen LogP contribution in [0.5, 0.6) is 0 Å². The maximum Gasteiger partial charge on any atom is 0.220 e. The lowest BCUT2D eigenvalue weighted by Crippen LogP contribution is -2.38. The van der Waals surface area contributed by atoms with Crippen molar-refractivity contribution in [3.63, 3.8) is 0 Å². The highest BCUT2D eigenvalue weighted by Gasteiger charge is 2.28. The van der Waals surface area contributed by atoms with Crippen LogP contribution in [-0.4, -0.2) is 16.9 Å². The minimum atomic E-state index is 0.199. The Balaban J connectivity index is 1.58. The molecule has 0 spiro atoms. The topological polar surface area (TPSA) is 44.9 Å². The van der Waals surface area contributed by atoms with Crippen LogP contribution >= 0.6 is 23.2 Å². The third-order valence-corrected chi connectivity index (χ3v) is 5.25. The fourth-order valence-corrected chi connectivity index (χ4v) is 4.07. The molecule has 0 saturated heterocycles. The van der Waals surface area contributed by atoms with Crippen molar-refractivity contribution >= 4 is 40.0 Å². The van der Waals surface area contributed by atoms with Gasteiger partial charge in [0.1, 0.15) is 0 Å². The number of carbonyl (C=O) groups excluding carboxylic acids is 1. The Morgan fingerprint density at radius 3 is 2.86 bits per heavy atom. The number of carbonyl (C=O) groups is 1. The van der Waals surface area contributed by atoms with Crippen LogP contribution < -0.4 is 5.32 Å². The van der Waals surface area contributed by atoms with E-state index in [9.17, 15) is 4.79 Å². The minimum absolute atomic E-state index is 0.199. The molecule has 2 aliphatic carbocycles. The van der Waals surface area contributed by atoms with E-state index < -0.39 is 0 Å². The Kier molecular flexibility index (Phi) is 3.58. The van der Waals surface area contributed by atoms with Crippen LogP contribution in [0.25, 0.3) is 10.9 Å². The molecule has 3 nitrogen and oxygen atoms in total. The van der Waals surface area contributed by atoms with E-state index in [-0.39, 0.29) is 11.9 Å². The first-order valence-electron chi connectivity index (χ1n) is 7.88. The molecule has 2 aromatic rings. The number of aromatic nitrogens is 1. The summed E-state index contributed by atoms with van der Waals surface area (Å²) in [6, 6.07) is 3.92. The van der Waals surface area contributed by atoms with Gasteiger partial charge in [0.25, 0.3) is 0 Å². The molecule has 1 aromatic carbocycles. The van der Waals surface area contributed by atoms with Gasteiger partial charge in [-0.2, -0.15) is 0 Å². The fraction of sp³-hybridized carbons (Fsp3) is 0.471. The van der Waals surface area contributed by atoms with Crippen LogP contribution in [0.2, 0.25) is 10.0 Å². The smallest absolute Gasteiger partial charge is 0.220 e. The van der Waals surface area contributed by atoms with Crippen molar-refractivity contribution < 1.29 is 4.79 Å². The fourth-order valence-electron chi connectivity index (χ4n) is 3.47. The van der Waals surface area contributed by atoms with E-state index in [1.165, 1.54) is 24.1 Å². The van der Waals surface area contributed by atoms with E-state index in [1.807, 2.05) is 6.07 Å². The number of hydrogen-bond acceptors (Lipinski definition) is 1. The van der Waals surface area contributed by atoms with E-state index >= 15 is 0 Å². The number of aromatic amines is 1. The maximum absolute atomic E-state index is 12.0. The molecule has 5 heteroatoms. The standard InChI is InChI=1S/C17H18Cl2N2O/c18-10-6-13(19)17-12-8-11(20-16(22)5-9-1-2-9)3-4-14(12)21-15(17)7-10/h6-7,9,11,21H,1-5,8H2,(H,20,22)/t11-/m1/s1. The third-order valence-electron chi connectivity index (χ3n) is 4.74. The Morgan fingerprint density at radius 1 is 1.27 bits per heavy atom. The monoisotopic (exact) mass is 336 g/mol. The zero-order valence-electron chi connectivity index (χ0n) is 12.2. The molecule has 2 aliphatic rings. The van der Waals surface area contributed by atoms with Crippen LogP contribution in [0.3, 0.4) is 0 Å². The summed E-state index contributed by atoms with van der Waals surface area (Å²) in [6.07, 6.45) is 5.86. The quantitative estimate of drug-likeness (QED) is 0.864. The van der Waals surface area contributed by atoms with Crippen molar-refractivity contribution in [2.45, 2.75) is 44.6 Å². The molecule has 1 atom stereocenters. The number of fused-ring (bicyclic) bond motifs is 3. The molecule has 0 unspecified atom stereocenters. The second-order valence-corrected chi connectivity index (χ2v) is 7.39. The van der Waals surface area contributed by atoms with E-state index in [0.29, 0.717) is 22.4 Å². The molecule has 1 fully saturated rings. The van der Waals surface area contributed by atoms with Crippen molar-refractivity contribution in [2.24, 2.45) is 5.92 Å². The lowest BCUT2D eigenvalue weighted by atomic mass is 9.91. The lowest BCUT2D eigenvalue weighted by molar-refractivity contribution is -0.122. The average molecular weight is 337 g/mol. The molecule has 4 rings (SSSR count). The largest absolute Gasteiger partial charge is 0.358 e. The van der Waals surface area contributed by atoms with Gasteiger partial charge in [-0.15, -0.1) is 0 Å². The van der Waals surface area contributed by atoms with Crippen molar-refractivity contribution in [3.8, 4) is 0 Å². The highest BCUT2D eigenvalue weighted by molar-refractivity contribution is 6.38. The second kappa shape index (κ2) is 5.47. The van der Waals surface area contributed by atoms with Gasteiger partial charge in [-0.1, -0.05) is 23.2 Å². The number of nitrogens with one attached hydrogen (secondary N) is 2. The Morgan fingerprint density at radius 2 is 2.09 bits per heavy atom. The van der Waals surface area contributed by atoms with Gasteiger partial charge in [-0.3, -0.25) is 4.79 Å². The predicted octanol–water partition coefficient (Wildman–Crippen LogP) is 4.25. The number of amides is 1. The summed E-state index contributed by atoms with van der Waals surface area (Å²) in [6.45, 7) is 0. The van der Waals surface area contributed by atoms with Crippen LogP contribution in [-0.2, 0) is 17.6 Å². The lowest BCUT2D eigenvalue weighted by Gasteiger charge is -2.23. The van der Waals surface area contributed by atoms with Crippen LogP contribution in [0.4, 0.5) is 0 Å². The van der Waals surface area contributed by atoms with Gasteiger partial charge in [-0.25, -0.2) is 0 Å². The normalized spacial score (nSPS) is 20.9. The number of aryl methyl sites for hydroxylation is 1. The SMILES string of the molecule is O=C(CC1CC1)N[C@@H]1CCc2[nH]c3cc(Cl)cc(Cl)c3c2C1.